The molecule has 0 unspecified atom stereocenters. The molecule has 29 heavy (non-hydrogen) atoms. The molecule has 0 heterocycles. The molecule has 0 aliphatic rings. The third kappa shape index (κ3) is 7.79. The smallest absolute Gasteiger partial charge is 0.276 e. The number of benzene rings is 2. The summed E-state index contributed by atoms with van der Waals surface area (Å²) in [5.74, 6) is 1.01. The molecule has 0 radical (unpaired) electrons. The number of nitrogens with one attached hydrogen (secondary N) is 3. The van der Waals surface area contributed by atoms with E-state index in [2.05, 4.69) is 30.0 Å². The van der Waals surface area contributed by atoms with E-state index in [9.17, 15) is 9.59 Å². The second-order valence-electron chi connectivity index (χ2n) is 6.59. The highest BCUT2D eigenvalue weighted by Crippen LogP contribution is 2.18. The van der Waals surface area contributed by atoms with Crippen LogP contribution in [0.25, 0.3) is 0 Å². The summed E-state index contributed by atoms with van der Waals surface area (Å²) in [6.45, 7) is 4.03. The van der Waals surface area contributed by atoms with Crippen LogP contribution in [-0.4, -0.2) is 30.6 Å². The van der Waals surface area contributed by atoms with Gasteiger partial charge in [-0.3, -0.25) is 20.4 Å². The number of methoxy groups -OCH3 is 1. The Morgan fingerprint density at radius 2 is 1.55 bits per heavy atom. The van der Waals surface area contributed by atoms with E-state index >= 15 is 0 Å². The van der Waals surface area contributed by atoms with Crippen molar-refractivity contribution in [2.24, 2.45) is 0 Å². The van der Waals surface area contributed by atoms with Crippen molar-refractivity contribution in [2.75, 3.05) is 13.7 Å². The Morgan fingerprint density at radius 3 is 2.14 bits per heavy atom. The molecular weight excluding hydrogens is 390 g/mol. The van der Waals surface area contributed by atoms with Crippen LogP contribution < -0.4 is 25.6 Å². The van der Waals surface area contributed by atoms with E-state index in [0.29, 0.717) is 17.4 Å². The summed E-state index contributed by atoms with van der Waals surface area (Å²) >= 11 is 5.00. The summed E-state index contributed by atoms with van der Waals surface area (Å²) in [7, 11) is 1.58. The molecule has 0 bridgehead atoms. The fourth-order valence-electron chi connectivity index (χ4n) is 2.39. The van der Waals surface area contributed by atoms with Crippen molar-refractivity contribution in [3.05, 3.63) is 59.7 Å². The largest absolute Gasteiger partial charge is 0.497 e. The zero-order valence-corrected chi connectivity index (χ0v) is 17.5. The number of thiocarbonyl (C=S) groups is 1. The number of hydrogen-bond donors (Lipinski definition) is 3. The highest BCUT2D eigenvalue weighted by Gasteiger charge is 2.08. The number of amides is 2. The lowest BCUT2D eigenvalue weighted by Gasteiger charge is -2.12. The number of hydrogen-bond acceptors (Lipinski definition) is 5. The standard InChI is InChI=1S/C21H25N3O4S/c1-14(2)16-6-10-18(11-7-16)28-13-20(26)23-24-21(29)22-19(25)12-15-4-8-17(27-3)9-5-15/h4-11,14H,12-13H2,1-3H3,(H,23,26)(H2,22,24,25,29). The zero-order valence-electron chi connectivity index (χ0n) is 16.7. The van der Waals surface area contributed by atoms with Crippen molar-refractivity contribution >= 4 is 29.1 Å². The predicted octanol–water partition coefficient (Wildman–Crippen LogP) is 2.46. The maximum atomic E-state index is 12.0. The van der Waals surface area contributed by atoms with Crippen LogP contribution >= 0.6 is 12.2 Å². The molecule has 0 aliphatic heterocycles. The Balaban J connectivity index is 1.68. The van der Waals surface area contributed by atoms with Gasteiger partial charge in [-0.15, -0.1) is 0 Å². The summed E-state index contributed by atoms with van der Waals surface area (Å²) in [4.78, 5) is 23.9. The van der Waals surface area contributed by atoms with Gasteiger partial charge in [-0.1, -0.05) is 38.1 Å². The van der Waals surface area contributed by atoms with Gasteiger partial charge in [0.25, 0.3) is 5.91 Å². The Hall–Kier alpha value is -3.13. The minimum Gasteiger partial charge on any atom is -0.497 e. The first kappa shape index (κ1) is 22.2. The van der Waals surface area contributed by atoms with Crippen molar-refractivity contribution in [3.8, 4) is 11.5 Å². The van der Waals surface area contributed by atoms with Crippen molar-refractivity contribution in [2.45, 2.75) is 26.2 Å². The van der Waals surface area contributed by atoms with Gasteiger partial charge in [0, 0.05) is 0 Å². The number of hydrazine groups is 1. The van der Waals surface area contributed by atoms with Gasteiger partial charge >= 0.3 is 0 Å². The molecule has 0 saturated heterocycles. The second kappa shape index (κ2) is 11.0. The second-order valence-corrected chi connectivity index (χ2v) is 7.00. The van der Waals surface area contributed by atoms with Crippen LogP contribution in [0.2, 0.25) is 0 Å². The van der Waals surface area contributed by atoms with E-state index in [0.717, 1.165) is 5.56 Å². The summed E-state index contributed by atoms with van der Waals surface area (Å²) in [5, 5.41) is 2.50. The molecule has 0 atom stereocenters. The van der Waals surface area contributed by atoms with Gasteiger partial charge in [-0.25, -0.2) is 0 Å². The molecule has 0 aromatic heterocycles. The summed E-state index contributed by atoms with van der Waals surface area (Å²) in [6.07, 6.45) is 0.148. The van der Waals surface area contributed by atoms with Crippen molar-refractivity contribution in [3.63, 3.8) is 0 Å². The third-order valence-electron chi connectivity index (χ3n) is 4.01. The molecule has 154 valence electrons. The van der Waals surface area contributed by atoms with Crippen LogP contribution in [0.15, 0.2) is 48.5 Å². The number of ether oxygens (including phenoxy) is 2. The zero-order chi connectivity index (χ0) is 21.2. The predicted molar refractivity (Wildman–Crippen MR) is 115 cm³/mol. The van der Waals surface area contributed by atoms with Crippen molar-refractivity contribution in [1.82, 2.24) is 16.2 Å². The molecule has 0 fully saturated rings. The molecule has 2 aromatic rings. The summed E-state index contributed by atoms with van der Waals surface area (Å²) in [5.41, 5.74) is 6.86. The fourth-order valence-corrected chi connectivity index (χ4v) is 2.56. The first-order valence-corrected chi connectivity index (χ1v) is 9.52. The average Bonchev–Trinajstić information content (AvgIpc) is 2.71. The molecule has 3 N–H and O–H groups in total. The summed E-state index contributed by atoms with van der Waals surface area (Å²) < 4.78 is 10.5. The van der Waals surface area contributed by atoms with E-state index in [1.54, 1.807) is 31.4 Å². The molecule has 7 nitrogen and oxygen atoms in total. The lowest BCUT2D eigenvalue weighted by molar-refractivity contribution is -0.124. The monoisotopic (exact) mass is 415 g/mol. The van der Waals surface area contributed by atoms with Crippen LogP contribution in [0.1, 0.15) is 30.9 Å². The average molecular weight is 416 g/mol. The van der Waals surface area contributed by atoms with Gasteiger partial charge in [-0.05, 0) is 53.5 Å². The molecule has 2 amide bonds. The molecule has 0 spiro atoms. The third-order valence-corrected chi connectivity index (χ3v) is 4.21. The van der Waals surface area contributed by atoms with Crippen LogP contribution in [0, 0.1) is 0 Å². The van der Waals surface area contributed by atoms with Crippen molar-refractivity contribution < 1.29 is 19.1 Å². The van der Waals surface area contributed by atoms with Crippen LogP contribution in [0.4, 0.5) is 0 Å². The van der Waals surface area contributed by atoms with E-state index < -0.39 is 5.91 Å². The topological polar surface area (TPSA) is 88.7 Å². The lowest BCUT2D eigenvalue weighted by atomic mass is 10.0. The molecule has 2 aromatic carbocycles. The Labute approximate surface area is 175 Å². The van der Waals surface area contributed by atoms with E-state index in [1.165, 1.54) is 5.56 Å². The lowest BCUT2D eigenvalue weighted by Crippen LogP contribution is -2.49. The van der Waals surface area contributed by atoms with Gasteiger partial charge < -0.3 is 14.8 Å². The van der Waals surface area contributed by atoms with Crippen LogP contribution in [0.5, 0.6) is 11.5 Å². The molecular formula is C21H25N3O4S. The van der Waals surface area contributed by atoms with E-state index in [-0.39, 0.29) is 24.0 Å². The van der Waals surface area contributed by atoms with Gasteiger partial charge in [0.1, 0.15) is 11.5 Å². The summed E-state index contributed by atoms with van der Waals surface area (Å²) in [6, 6.07) is 14.7. The first-order chi connectivity index (χ1) is 13.9. The number of carbonyl (C=O) groups is 2. The number of rotatable bonds is 7. The Kier molecular flexibility index (Phi) is 8.42. The van der Waals surface area contributed by atoms with Gasteiger partial charge in [0.15, 0.2) is 11.7 Å². The fraction of sp³-hybridized carbons (Fsp3) is 0.286. The normalized spacial score (nSPS) is 10.2. The van der Waals surface area contributed by atoms with Gasteiger partial charge in [-0.2, -0.15) is 0 Å². The highest BCUT2D eigenvalue weighted by molar-refractivity contribution is 7.80. The van der Waals surface area contributed by atoms with Crippen molar-refractivity contribution in [1.29, 1.82) is 0 Å². The minimum absolute atomic E-state index is 0.00171. The van der Waals surface area contributed by atoms with Gasteiger partial charge in [0.2, 0.25) is 5.91 Å². The first-order valence-electron chi connectivity index (χ1n) is 9.11. The van der Waals surface area contributed by atoms with Gasteiger partial charge in [0.05, 0.1) is 13.5 Å². The Bertz CT molecular complexity index is 836. The quantitative estimate of drug-likeness (QED) is 0.476. The minimum atomic E-state index is -0.426. The van der Waals surface area contributed by atoms with Crippen LogP contribution in [0.3, 0.4) is 0 Å². The molecule has 0 saturated carbocycles. The maximum absolute atomic E-state index is 12.0. The molecule has 0 aliphatic carbocycles. The Morgan fingerprint density at radius 1 is 0.931 bits per heavy atom. The number of carbonyl (C=O) groups excluding carboxylic acids is 2. The molecule has 8 heteroatoms. The van der Waals surface area contributed by atoms with E-state index in [4.69, 9.17) is 21.7 Å². The van der Waals surface area contributed by atoms with E-state index in [1.807, 2.05) is 24.3 Å². The maximum Gasteiger partial charge on any atom is 0.276 e. The SMILES string of the molecule is COc1ccc(CC(=O)NC(=S)NNC(=O)COc2ccc(C(C)C)cc2)cc1. The molecule has 2 rings (SSSR count). The van der Waals surface area contributed by atoms with Crippen LogP contribution in [-0.2, 0) is 16.0 Å². The highest BCUT2D eigenvalue weighted by atomic mass is 32.1.